The largest absolute Gasteiger partial charge is 0.369 e. The zero-order chi connectivity index (χ0) is 12.5. The molecule has 0 bridgehead atoms. The number of nitriles is 1. The molecule has 2 N–H and O–H groups in total. The van der Waals surface area contributed by atoms with Gasteiger partial charge in [0, 0.05) is 6.54 Å². The van der Waals surface area contributed by atoms with Gasteiger partial charge in [0.05, 0.1) is 11.1 Å². The Hall–Kier alpha value is -2.02. The molecule has 18 heavy (non-hydrogen) atoms. The number of para-hydroxylation sites is 1. The highest BCUT2D eigenvalue weighted by molar-refractivity contribution is 5.83. The molecule has 1 aromatic carbocycles. The van der Waals surface area contributed by atoms with Crippen LogP contribution in [0.3, 0.4) is 0 Å². The van der Waals surface area contributed by atoms with Crippen LogP contribution in [0.2, 0.25) is 0 Å². The van der Waals surface area contributed by atoms with E-state index in [1.165, 1.54) is 25.7 Å². The predicted molar refractivity (Wildman–Crippen MR) is 70.8 cm³/mol. The first-order valence-electron chi connectivity index (χ1n) is 6.44. The number of aromatic nitrogens is 2. The van der Waals surface area contributed by atoms with Crippen molar-refractivity contribution in [1.29, 1.82) is 5.26 Å². The Morgan fingerprint density at radius 3 is 2.89 bits per heavy atom. The van der Waals surface area contributed by atoms with Gasteiger partial charge >= 0.3 is 0 Å². The Bertz CT molecular complexity index is 614. The average molecular weight is 240 g/mol. The summed E-state index contributed by atoms with van der Waals surface area (Å²) in [6.07, 6.45) is 5.19. The molecule has 3 rings (SSSR count). The molecule has 1 heterocycles. The van der Waals surface area contributed by atoms with Crippen LogP contribution < -0.4 is 5.73 Å². The third kappa shape index (κ3) is 1.72. The predicted octanol–water partition coefficient (Wildman–Crippen LogP) is 2.68. The fourth-order valence-electron chi connectivity index (χ4n) is 2.90. The lowest BCUT2D eigenvalue weighted by Crippen LogP contribution is -2.10. The van der Waals surface area contributed by atoms with E-state index in [9.17, 15) is 0 Å². The molecule has 1 aliphatic rings. The van der Waals surface area contributed by atoms with Gasteiger partial charge in [-0.1, -0.05) is 18.9 Å². The van der Waals surface area contributed by atoms with Crippen LogP contribution in [0, 0.1) is 17.2 Å². The minimum atomic E-state index is 0.527. The average Bonchev–Trinajstić information content (AvgIpc) is 2.99. The van der Waals surface area contributed by atoms with Crippen molar-refractivity contribution in [2.75, 3.05) is 5.73 Å². The van der Waals surface area contributed by atoms with E-state index in [1.807, 2.05) is 12.1 Å². The Morgan fingerprint density at radius 1 is 1.39 bits per heavy atom. The van der Waals surface area contributed by atoms with Crippen LogP contribution in [0.15, 0.2) is 18.2 Å². The summed E-state index contributed by atoms with van der Waals surface area (Å²) < 4.78 is 2.06. The molecule has 2 aromatic rings. The standard InChI is InChI=1S/C14H16N4/c15-8-11-6-3-7-12-13(11)17-14(16)18(12)9-10-4-1-2-5-10/h3,6-7,10H,1-2,4-5,9H2,(H2,16,17). The van der Waals surface area contributed by atoms with Gasteiger partial charge in [-0.2, -0.15) is 5.26 Å². The fraction of sp³-hybridized carbons (Fsp3) is 0.429. The summed E-state index contributed by atoms with van der Waals surface area (Å²) in [6.45, 7) is 0.928. The second-order valence-corrected chi connectivity index (χ2v) is 5.02. The van der Waals surface area contributed by atoms with Crippen molar-refractivity contribution in [2.24, 2.45) is 5.92 Å². The quantitative estimate of drug-likeness (QED) is 0.877. The third-order valence-corrected chi connectivity index (χ3v) is 3.84. The molecule has 1 aliphatic carbocycles. The summed E-state index contributed by atoms with van der Waals surface area (Å²) in [5.41, 5.74) is 8.32. The van der Waals surface area contributed by atoms with Crippen LogP contribution in [0.25, 0.3) is 11.0 Å². The van der Waals surface area contributed by atoms with Crippen molar-refractivity contribution in [3.63, 3.8) is 0 Å². The molecule has 4 heteroatoms. The van der Waals surface area contributed by atoms with Gasteiger partial charge < -0.3 is 10.3 Å². The van der Waals surface area contributed by atoms with Crippen molar-refractivity contribution in [3.8, 4) is 6.07 Å². The van der Waals surface area contributed by atoms with Crippen LogP contribution in [0.5, 0.6) is 0 Å². The van der Waals surface area contributed by atoms with Crippen molar-refractivity contribution >= 4 is 17.0 Å². The molecule has 0 radical (unpaired) electrons. The van der Waals surface area contributed by atoms with Gasteiger partial charge in [0.1, 0.15) is 11.6 Å². The van der Waals surface area contributed by atoms with Gasteiger partial charge in [-0.05, 0) is 30.9 Å². The first-order chi connectivity index (χ1) is 8.79. The van der Waals surface area contributed by atoms with Crippen LogP contribution in [-0.4, -0.2) is 9.55 Å². The Labute approximate surface area is 106 Å². The lowest BCUT2D eigenvalue weighted by molar-refractivity contribution is 0.468. The number of anilines is 1. The smallest absolute Gasteiger partial charge is 0.201 e. The van der Waals surface area contributed by atoms with Crippen LogP contribution in [-0.2, 0) is 6.54 Å². The summed E-state index contributed by atoms with van der Waals surface area (Å²) in [5, 5.41) is 9.08. The molecule has 0 spiro atoms. The first kappa shape index (κ1) is 11.1. The maximum Gasteiger partial charge on any atom is 0.201 e. The van der Waals surface area contributed by atoms with Gasteiger partial charge in [0.15, 0.2) is 0 Å². The summed E-state index contributed by atoms with van der Waals surface area (Å²) in [6, 6.07) is 7.85. The minimum absolute atomic E-state index is 0.527. The van der Waals surface area contributed by atoms with Gasteiger partial charge in [-0.3, -0.25) is 0 Å². The second-order valence-electron chi connectivity index (χ2n) is 5.02. The molecule has 4 nitrogen and oxygen atoms in total. The third-order valence-electron chi connectivity index (χ3n) is 3.84. The Balaban J connectivity index is 2.06. The molecule has 0 unspecified atom stereocenters. The van der Waals surface area contributed by atoms with Crippen molar-refractivity contribution in [1.82, 2.24) is 9.55 Å². The van der Waals surface area contributed by atoms with E-state index in [-0.39, 0.29) is 0 Å². The number of hydrogen-bond acceptors (Lipinski definition) is 3. The SMILES string of the molecule is N#Cc1cccc2c1nc(N)n2CC1CCCC1. The van der Waals surface area contributed by atoms with Crippen molar-refractivity contribution in [3.05, 3.63) is 23.8 Å². The maximum atomic E-state index is 9.08. The number of rotatable bonds is 2. The highest BCUT2D eigenvalue weighted by atomic mass is 15.2. The van der Waals surface area contributed by atoms with E-state index in [1.54, 1.807) is 6.07 Å². The molecular weight excluding hydrogens is 224 g/mol. The number of fused-ring (bicyclic) bond motifs is 1. The molecule has 0 atom stereocenters. The number of nitrogens with zero attached hydrogens (tertiary/aromatic N) is 3. The monoisotopic (exact) mass is 240 g/mol. The summed E-state index contributed by atoms with van der Waals surface area (Å²) >= 11 is 0. The van der Waals surface area contributed by atoms with E-state index in [0.717, 1.165) is 17.6 Å². The van der Waals surface area contributed by atoms with Crippen LogP contribution >= 0.6 is 0 Å². The number of hydrogen-bond donors (Lipinski definition) is 1. The van der Waals surface area contributed by atoms with Crippen LogP contribution in [0.1, 0.15) is 31.2 Å². The lowest BCUT2D eigenvalue weighted by Gasteiger charge is -2.12. The van der Waals surface area contributed by atoms with Crippen molar-refractivity contribution in [2.45, 2.75) is 32.2 Å². The van der Waals surface area contributed by atoms with E-state index in [4.69, 9.17) is 11.0 Å². The van der Waals surface area contributed by atoms with Crippen LogP contribution in [0.4, 0.5) is 5.95 Å². The number of nitrogen functional groups attached to an aromatic ring is 1. The second kappa shape index (κ2) is 4.34. The molecular formula is C14H16N4. The van der Waals surface area contributed by atoms with E-state index in [2.05, 4.69) is 15.6 Å². The van der Waals surface area contributed by atoms with E-state index >= 15 is 0 Å². The summed E-state index contributed by atoms with van der Waals surface area (Å²) in [4.78, 5) is 4.34. The van der Waals surface area contributed by atoms with E-state index < -0.39 is 0 Å². The topological polar surface area (TPSA) is 67.6 Å². The normalized spacial score (nSPS) is 16.2. The highest BCUT2D eigenvalue weighted by Gasteiger charge is 2.19. The summed E-state index contributed by atoms with van der Waals surface area (Å²) in [7, 11) is 0. The van der Waals surface area contributed by atoms with Gasteiger partial charge in [0.2, 0.25) is 5.95 Å². The summed E-state index contributed by atoms with van der Waals surface area (Å²) in [5.74, 6) is 1.23. The molecule has 0 amide bonds. The first-order valence-corrected chi connectivity index (χ1v) is 6.44. The molecule has 1 fully saturated rings. The number of nitrogens with two attached hydrogens (primary N) is 1. The van der Waals surface area contributed by atoms with E-state index in [0.29, 0.717) is 17.4 Å². The minimum Gasteiger partial charge on any atom is -0.369 e. The molecule has 0 aliphatic heterocycles. The molecule has 1 aromatic heterocycles. The lowest BCUT2D eigenvalue weighted by atomic mass is 10.1. The maximum absolute atomic E-state index is 9.08. The van der Waals surface area contributed by atoms with Gasteiger partial charge in [-0.15, -0.1) is 0 Å². The molecule has 1 saturated carbocycles. The molecule has 0 saturated heterocycles. The highest BCUT2D eigenvalue weighted by Crippen LogP contribution is 2.29. The van der Waals surface area contributed by atoms with Crippen molar-refractivity contribution < 1.29 is 0 Å². The zero-order valence-corrected chi connectivity index (χ0v) is 10.3. The number of imidazole rings is 1. The fourth-order valence-corrected chi connectivity index (χ4v) is 2.90. The Morgan fingerprint density at radius 2 is 2.17 bits per heavy atom. The molecule has 92 valence electrons. The Kier molecular flexibility index (Phi) is 2.67. The zero-order valence-electron chi connectivity index (χ0n) is 10.3. The number of benzene rings is 1. The van der Waals surface area contributed by atoms with Gasteiger partial charge in [-0.25, -0.2) is 4.98 Å². The van der Waals surface area contributed by atoms with Gasteiger partial charge in [0.25, 0.3) is 0 Å².